The van der Waals surface area contributed by atoms with Crippen LogP contribution in [0.25, 0.3) is 11.1 Å². The molecule has 0 bridgehead atoms. The van der Waals surface area contributed by atoms with Crippen LogP contribution >= 0.6 is 0 Å². The molecular weight excluding hydrogens is 954 g/mol. The number of rotatable bonds is 3. The standard InChI is InChI=1S/C75H86BN3/c1-45-37-64-67-65(38-45)78(61-43-54-52(39-46(61)2)69(6,7)33-35-71(54,10)11)62-41-48(79-59-30-27-47(68(3,4)5)40-56(59)74(16)31-20-21-32-75(74,79)17)28-29-57(62)76(67)58-42-53-55(72(12,13)36-34-70(53,8)9)44-63(58)77(64)60-26-22-24-50-49-23-18-19-25-51(49)73(14,15)66(50)60/h18-19,22-30,37-44H,20-21,31-36H2,1-17H3. The minimum Gasteiger partial charge on any atom is -0.334 e. The monoisotopic (exact) mass is 1040 g/mol. The maximum absolute atomic E-state index is 2.84. The largest absolute Gasteiger partial charge is 0.334 e. The number of fused-ring (bicyclic) bond motifs is 12. The second-order valence-electron chi connectivity index (χ2n) is 30.7. The minimum absolute atomic E-state index is 0.00862. The van der Waals surface area contributed by atoms with Crippen molar-refractivity contribution in [3.63, 3.8) is 0 Å². The fourth-order valence-corrected chi connectivity index (χ4v) is 17.4. The Balaban J connectivity index is 1.09. The zero-order valence-electron chi connectivity index (χ0n) is 51.0. The highest BCUT2D eigenvalue weighted by molar-refractivity contribution is 7.00. The van der Waals surface area contributed by atoms with E-state index in [4.69, 9.17) is 0 Å². The van der Waals surface area contributed by atoms with Crippen molar-refractivity contribution in [3.05, 3.63) is 171 Å². The molecule has 7 aliphatic rings. The van der Waals surface area contributed by atoms with Gasteiger partial charge in [-0.3, -0.25) is 0 Å². The molecule has 3 aliphatic heterocycles. The van der Waals surface area contributed by atoms with Gasteiger partial charge in [-0.25, -0.2) is 0 Å². The smallest absolute Gasteiger partial charge is 0.252 e. The summed E-state index contributed by atoms with van der Waals surface area (Å²) in [7, 11) is 0. The molecule has 3 nitrogen and oxygen atoms in total. The second kappa shape index (κ2) is 16.1. The normalized spacial score (nSPS) is 23.6. The molecule has 4 heteroatoms. The van der Waals surface area contributed by atoms with Gasteiger partial charge >= 0.3 is 0 Å². The molecule has 404 valence electrons. The number of benzene rings is 7. The van der Waals surface area contributed by atoms with Crippen molar-refractivity contribution >= 4 is 68.6 Å². The number of anilines is 8. The Labute approximate surface area is 475 Å². The second-order valence-corrected chi connectivity index (χ2v) is 30.7. The average molecular weight is 1040 g/mol. The van der Waals surface area contributed by atoms with Gasteiger partial charge in [0.2, 0.25) is 0 Å². The lowest BCUT2D eigenvalue weighted by atomic mass is 9.33. The van der Waals surface area contributed by atoms with Crippen molar-refractivity contribution in [2.75, 3.05) is 14.7 Å². The molecule has 14 rings (SSSR count). The van der Waals surface area contributed by atoms with Crippen LogP contribution in [0.5, 0.6) is 0 Å². The third-order valence-electron chi connectivity index (χ3n) is 22.6. The van der Waals surface area contributed by atoms with Crippen LogP contribution in [0.4, 0.5) is 45.5 Å². The van der Waals surface area contributed by atoms with Crippen LogP contribution in [0.2, 0.25) is 0 Å². The Morgan fingerprint density at radius 1 is 0.430 bits per heavy atom. The highest BCUT2D eigenvalue weighted by Crippen LogP contribution is 2.63. The van der Waals surface area contributed by atoms with E-state index in [1.54, 1.807) is 0 Å². The molecule has 0 saturated heterocycles. The SMILES string of the molecule is Cc1cc2c3c(c1)N(c1cccc4c1C(C)(C)c1ccccc1-4)c1cc4c(cc1B3c1ccc(N3c5ccc(C(C)(C)C)cc5C5(C)CCCCC35C)cc1N2c1cc2c(cc1C)C(C)(C)CCC2(C)C)C(C)(C)CCC4(C)C. The molecule has 1 saturated carbocycles. The van der Waals surface area contributed by atoms with Crippen LogP contribution in [-0.2, 0) is 37.9 Å². The highest BCUT2D eigenvalue weighted by atomic mass is 15.3. The Morgan fingerprint density at radius 3 is 1.66 bits per heavy atom. The molecule has 2 unspecified atom stereocenters. The molecule has 1 fully saturated rings. The predicted molar refractivity (Wildman–Crippen MR) is 340 cm³/mol. The third-order valence-corrected chi connectivity index (χ3v) is 22.6. The van der Waals surface area contributed by atoms with E-state index in [0.29, 0.717) is 0 Å². The predicted octanol–water partition coefficient (Wildman–Crippen LogP) is 18.4. The van der Waals surface area contributed by atoms with Gasteiger partial charge in [0.05, 0.1) is 11.2 Å². The first-order chi connectivity index (χ1) is 37.1. The zero-order chi connectivity index (χ0) is 55.7. The molecular formula is C75H86BN3. The molecule has 0 aromatic heterocycles. The summed E-state index contributed by atoms with van der Waals surface area (Å²) in [5, 5.41) is 0. The van der Waals surface area contributed by atoms with Gasteiger partial charge in [-0.1, -0.05) is 177 Å². The van der Waals surface area contributed by atoms with Gasteiger partial charge in [0.25, 0.3) is 6.71 Å². The first-order valence-electron chi connectivity index (χ1n) is 30.5. The lowest BCUT2D eigenvalue weighted by Gasteiger charge is -2.51. The van der Waals surface area contributed by atoms with Crippen LogP contribution < -0.4 is 31.1 Å². The molecule has 79 heavy (non-hydrogen) atoms. The summed E-state index contributed by atoms with van der Waals surface area (Å²) in [6, 6.07) is 47.6. The number of hydrogen-bond acceptors (Lipinski definition) is 3. The van der Waals surface area contributed by atoms with E-state index in [1.165, 1.54) is 174 Å². The highest BCUT2D eigenvalue weighted by Gasteiger charge is 2.58. The maximum Gasteiger partial charge on any atom is 0.252 e. The van der Waals surface area contributed by atoms with E-state index in [-0.39, 0.29) is 50.2 Å². The first kappa shape index (κ1) is 51.2. The van der Waals surface area contributed by atoms with Crippen molar-refractivity contribution in [2.45, 2.75) is 213 Å². The minimum atomic E-state index is -0.206. The Kier molecular flexibility index (Phi) is 10.5. The van der Waals surface area contributed by atoms with E-state index in [1.807, 2.05) is 0 Å². The molecule has 0 radical (unpaired) electrons. The number of aryl methyl sites for hydroxylation is 2. The van der Waals surface area contributed by atoms with E-state index >= 15 is 0 Å². The zero-order valence-corrected chi connectivity index (χ0v) is 51.0. The van der Waals surface area contributed by atoms with Gasteiger partial charge in [0.1, 0.15) is 0 Å². The lowest BCUT2D eigenvalue weighted by Crippen LogP contribution is -2.62. The molecule has 4 aliphatic carbocycles. The molecule has 7 aromatic rings. The fraction of sp³-hybridized carbons (Fsp3) is 0.440. The molecule has 3 heterocycles. The van der Waals surface area contributed by atoms with Crippen molar-refractivity contribution in [1.82, 2.24) is 0 Å². The Morgan fingerprint density at radius 2 is 1.00 bits per heavy atom. The Bertz CT molecular complexity index is 3800. The van der Waals surface area contributed by atoms with Crippen molar-refractivity contribution in [2.24, 2.45) is 0 Å². The number of nitrogens with zero attached hydrogens (tertiary/aromatic N) is 3. The summed E-state index contributed by atoms with van der Waals surface area (Å²) in [6.07, 6.45) is 9.59. The van der Waals surface area contributed by atoms with Gasteiger partial charge < -0.3 is 14.7 Å². The van der Waals surface area contributed by atoms with Gasteiger partial charge in [-0.2, -0.15) is 0 Å². The topological polar surface area (TPSA) is 9.72 Å². The quantitative estimate of drug-likeness (QED) is 0.163. The summed E-state index contributed by atoms with van der Waals surface area (Å²) >= 11 is 0. The maximum atomic E-state index is 2.84. The van der Waals surface area contributed by atoms with E-state index in [2.05, 4.69) is 248 Å². The van der Waals surface area contributed by atoms with E-state index in [9.17, 15) is 0 Å². The lowest BCUT2D eigenvalue weighted by molar-refractivity contribution is 0.195. The van der Waals surface area contributed by atoms with Crippen LogP contribution in [0.15, 0.2) is 115 Å². The summed E-state index contributed by atoms with van der Waals surface area (Å²) in [5.74, 6) is 0. The van der Waals surface area contributed by atoms with Gasteiger partial charge in [0, 0.05) is 50.6 Å². The summed E-state index contributed by atoms with van der Waals surface area (Å²) in [6.45, 7) is 42.1. The molecule has 2 atom stereocenters. The summed E-state index contributed by atoms with van der Waals surface area (Å²) in [5.41, 5.74) is 32.0. The molecule has 0 N–H and O–H groups in total. The number of hydrogen-bond donors (Lipinski definition) is 0. The Hall–Kier alpha value is -6.00. The van der Waals surface area contributed by atoms with Crippen LogP contribution in [0, 0.1) is 13.8 Å². The van der Waals surface area contributed by atoms with Crippen molar-refractivity contribution in [1.29, 1.82) is 0 Å². The molecule has 0 amide bonds. The summed E-state index contributed by atoms with van der Waals surface area (Å²) in [4.78, 5) is 8.38. The average Bonchev–Trinajstić information content (AvgIpc) is 2.89. The fourth-order valence-electron chi connectivity index (χ4n) is 17.4. The van der Waals surface area contributed by atoms with E-state index < -0.39 is 0 Å². The van der Waals surface area contributed by atoms with Crippen LogP contribution in [-0.4, -0.2) is 12.3 Å². The van der Waals surface area contributed by atoms with Gasteiger partial charge in [-0.05, 0) is 218 Å². The van der Waals surface area contributed by atoms with Crippen molar-refractivity contribution < 1.29 is 0 Å². The molecule has 7 aromatic carbocycles. The summed E-state index contributed by atoms with van der Waals surface area (Å²) < 4.78 is 0. The van der Waals surface area contributed by atoms with E-state index in [0.717, 1.165) is 6.42 Å². The van der Waals surface area contributed by atoms with Gasteiger partial charge in [0.15, 0.2) is 0 Å². The van der Waals surface area contributed by atoms with Crippen LogP contribution in [0.3, 0.4) is 0 Å². The first-order valence-corrected chi connectivity index (χ1v) is 30.5. The van der Waals surface area contributed by atoms with Crippen molar-refractivity contribution in [3.8, 4) is 11.1 Å². The third kappa shape index (κ3) is 6.85. The van der Waals surface area contributed by atoms with Crippen LogP contribution in [0.1, 0.15) is 211 Å². The van der Waals surface area contributed by atoms with Gasteiger partial charge in [-0.15, -0.1) is 0 Å². The molecule has 0 spiro atoms.